The predicted octanol–water partition coefficient (Wildman–Crippen LogP) is 5.06. The Kier molecular flexibility index (Phi) is 6.28. The van der Waals surface area contributed by atoms with Crippen molar-refractivity contribution in [3.8, 4) is 5.75 Å². The van der Waals surface area contributed by atoms with E-state index in [0.29, 0.717) is 24.6 Å². The Labute approximate surface area is 160 Å². The van der Waals surface area contributed by atoms with Crippen molar-refractivity contribution >= 4 is 12.0 Å². The van der Waals surface area contributed by atoms with E-state index in [9.17, 15) is 9.18 Å². The van der Waals surface area contributed by atoms with Crippen LogP contribution in [0.1, 0.15) is 37.8 Å². The SMILES string of the molecule is CC(C)COc1cccc(CN(C(=O)C=Cc2cccc(F)c2)C2CC2)c1. The fraction of sp³-hybridized carbons (Fsp3) is 0.348. The quantitative estimate of drug-likeness (QED) is 0.610. The Morgan fingerprint density at radius 2 is 2.00 bits per heavy atom. The normalized spacial score (nSPS) is 13.9. The Hall–Kier alpha value is -2.62. The van der Waals surface area contributed by atoms with Gasteiger partial charge in [0.25, 0.3) is 0 Å². The molecule has 1 fully saturated rings. The molecule has 1 aliphatic carbocycles. The molecule has 0 N–H and O–H groups in total. The van der Waals surface area contributed by atoms with E-state index in [-0.39, 0.29) is 17.8 Å². The molecule has 4 heteroatoms. The number of benzene rings is 2. The van der Waals surface area contributed by atoms with Gasteiger partial charge in [0.15, 0.2) is 0 Å². The summed E-state index contributed by atoms with van der Waals surface area (Å²) >= 11 is 0. The molecule has 1 saturated carbocycles. The highest BCUT2D eigenvalue weighted by Crippen LogP contribution is 2.29. The van der Waals surface area contributed by atoms with Crippen LogP contribution >= 0.6 is 0 Å². The van der Waals surface area contributed by atoms with Gasteiger partial charge in [-0.2, -0.15) is 0 Å². The standard InChI is InChI=1S/C23H26FNO2/c1-17(2)16-27-22-8-4-6-19(14-22)15-25(21-10-11-21)23(26)12-9-18-5-3-7-20(24)13-18/h3-9,12-14,17,21H,10-11,15-16H2,1-2H3. The molecule has 0 radical (unpaired) electrons. The highest BCUT2D eigenvalue weighted by molar-refractivity contribution is 5.92. The van der Waals surface area contributed by atoms with Crippen molar-refractivity contribution in [2.45, 2.75) is 39.3 Å². The molecule has 0 spiro atoms. The minimum Gasteiger partial charge on any atom is -0.493 e. The molecule has 27 heavy (non-hydrogen) atoms. The molecule has 0 heterocycles. The second-order valence-electron chi connectivity index (χ2n) is 7.44. The van der Waals surface area contributed by atoms with Crippen molar-refractivity contribution in [3.63, 3.8) is 0 Å². The Bertz CT molecular complexity index is 812. The first-order valence-corrected chi connectivity index (χ1v) is 9.47. The van der Waals surface area contributed by atoms with Gasteiger partial charge in [0.05, 0.1) is 6.61 Å². The van der Waals surface area contributed by atoms with Crippen molar-refractivity contribution in [1.82, 2.24) is 4.90 Å². The number of nitrogens with zero attached hydrogens (tertiary/aromatic N) is 1. The van der Waals surface area contributed by atoms with Crippen LogP contribution in [0.3, 0.4) is 0 Å². The topological polar surface area (TPSA) is 29.5 Å². The van der Waals surface area contributed by atoms with Crippen molar-refractivity contribution in [2.24, 2.45) is 5.92 Å². The van der Waals surface area contributed by atoms with Gasteiger partial charge in [-0.05, 0) is 60.2 Å². The number of carbonyl (C=O) groups excluding carboxylic acids is 1. The molecule has 3 rings (SSSR count). The molecule has 2 aromatic rings. The highest BCUT2D eigenvalue weighted by atomic mass is 19.1. The molecule has 1 aliphatic rings. The van der Waals surface area contributed by atoms with E-state index in [1.165, 1.54) is 18.2 Å². The third kappa shape index (κ3) is 5.95. The van der Waals surface area contributed by atoms with E-state index in [1.54, 1.807) is 18.2 Å². The number of hydrogen-bond donors (Lipinski definition) is 0. The lowest BCUT2D eigenvalue weighted by atomic mass is 10.1. The van der Waals surface area contributed by atoms with E-state index in [1.807, 2.05) is 29.2 Å². The van der Waals surface area contributed by atoms with Crippen LogP contribution in [-0.2, 0) is 11.3 Å². The number of carbonyl (C=O) groups is 1. The maximum Gasteiger partial charge on any atom is 0.247 e. The van der Waals surface area contributed by atoms with Crippen molar-refractivity contribution < 1.29 is 13.9 Å². The van der Waals surface area contributed by atoms with E-state index in [2.05, 4.69) is 13.8 Å². The second kappa shape index (κ2) is 8.85. The summed E-state index contributed by atoms with van der Waals surface area (Å²) in [5.74, 6) is 0.947. The molecular formula is C23H26FNO2. The fourth-order valence-corrected chi connectivity index (χ4v) is 2.84. The lowest BCUT2D eigenvalue weighted by molar-refractivity contribution is -0.127. The average molecular weight is 367 g/mol. The number of ether oxygens (including phenoxy) is 1. The third-order valence-electron chi connectivity index (χ3n) is 4.37. The van der Waals surface area contributed by atoms with Gasteiger partial charge < -0.3 is 9.64 Å². The van der Waals surface area contributed by atoms with Crippen molar-refractivity contribution in [2.75, 3.05) is 6.61 Å². The third-order valence-corrected chi connectivity index (χ3v) is 4.37. The molecule has 0 aromatic heterocycles. The summed E-state index contributed by atoms with van der Waals surface area (Å²) in [7, 11) is 0. The van der Waals surface area contributed by atoms with E-state index in [4.69, 9.17) is 4.74 Å². The van der Waals surface area contributed by atoms with Gasteiger partial charge in [-0.25, -0.2) is 4.39 Å². The van der Waals surface area contributed by atoms with Crippen LogP contribution in [-0.4, -0.2) is 23.5 Å². The minimum absolute atomic E-state index is 0.0461. The summed E-state index contributed by atoms with van der Waals surface area (Å²) in [6.45, 7) is 5.45. The molecule has 0 unspecified atom stereocenters. The summed E-state index contributed by atoms with van der Waals surface area (Å²) < 4.78 is 19.1. The van der Waals surface area contributed by atoms with E-state index in [0.717, 1.165) is 24.2 Å². The zero-order valence-electron chi connectivity index (χ0n) is 15.9. The average Bonchev–Trinajstić information content (AvgIpc) is 3.48. The van der Waals surface area contributed by atoms with Crippen LogP contribution in [0.5, 0.6) is 5.75 Å². The zero-order chi connectivity index (χ0) is 19.2. The number of halogens is 1. The van der Waals surface area contributed by atoms with E-state index < -0.39 is 0 Å². The Morgan fingerprint density at radius 3 is 2.70 bits per heavy atom. The predicted molar refractivity (Wildman–Crippen MR) is 106 cm³/mol. The van der Waals surface area contributed by atoms with Gasteiger partial charge in [0.2, 0.25) is 5.91 Å². The fourth-order valence-electron chi connectivity index (χ4n) is 2.84. The van der Waals surface area contributed by atoms with Gasteiger partial charge >= 0.3 is 0 Å². The van der Waals surface area contributed by atoms with Crippen LogP contribution in [0.25, 0.3) is 6.08 Å². The first kappa shape index (κ1) is 19.2. The van der Waals surface area contributed by atoms with Crippen LogP contribution in [0.4, 0.5) is 4.39 Å². The van der Waals surface area contributed by atoms with Gasteiger partial charge in [0.1, 0.15) is 11.6 Å². The van der Waals surface area contributed by atoms with Gasteiger partial charge in [-0.3, -0.25) is 4.79 Å². The van der Waals surface area contributed by atoms with Gasteiger partial charge in [0, 0.05) is 18.7 Å². The molecule has 0 atom stereocenters. The van der Waals surface area contributed by atoms with Crippen LogP contribution < -0.4 is 4.74 Å². The number of hydrogen-bond acceptors (Lipinski definition) is 2. The first-order chi connectivity index (χ1) is 13.0. The van der Waals surface area contributed by atoms with Gasteiger partial charge in [-0.15, -0.1) is 0 Å². The Morgan fingerprint density at radius 1 is 1.22 bits per heavy atom. The lowest BCUT2D eigenvalue weighted by Crippen LogP contribution is -2.31. The molecular weight excluding hydrogens is 341 g/mol. The maximum absolute atomic E-state index is 13.3. The maximum atomic E-state index is 13.3. The summed E-state index contributed by atoms with van der Waals surface area (Å²) in [5, 5.41) is 0. The summed E-state index contributed by atoms with van der Waals surface area (Å²) in [6, 6.07) is 14.4. The molecule has 2 aromatic carbocycles. The minimum atomic E-state index is -0.304. The van der Waals surface area contributed by atoms with E-state index >= 15 is 0 Å². The van der Waals surface area contributed by atoms with Crippen molar-refractivity contribution in [1.29, 1.82) is 0 Å². The van der Waals surface area contributed by atoms with Crippen LogP contribution in [0, 0.1) is 11.7 Å². The summed E-state index contributed by atoms with van der Waals surface area (Å²) in [6.07, 6.45) is 5.27. The number of amides is 1. The van der Waals surface area contributed by atoms with Gasteiger partial charge in [-0.1, -0.05) is 38.1 Å². The van der Waals surface area contributed by atoms with Crippen LogP contribution in [0.2, 0.25) is 0 Å². The summed E-state index contributed by atoms with van der Waals surface area (Å²) in [4.78, 5) is 14.6. The highest BCUT2D eigenvalue weighted by Gasteiger charge is 2.31. The monoisotopic (exact) mass is 367 g/mol. The second-order valence-corrected chi connectivity index (χ2v) is 7.44. The largest absolute Gasteiger partial charge is 0.493 e. The lowest BCUT2D eigenvalue weighted by Gasteiger charge is -2.21. The van der Waals surface area contributed by atoms with Crippen molar-refractivity contribution in [3.05, 3.63) is 71.6 Å². The first-order valence-electron chi connectivity index (χ1n) is 9.47. The zero-order valence-corrected chi connectivity index (χ0v) is 15.9. The molecule has 0 aliphatic heterocycles. The molecule has 1 amide bonds. The summed E-state index contributed by atoms with van der Waals surface area (Å²) in [5.41, 5.74) is 1.74. The molecule has 0 saturated heterocycles. The smallest absolute Gasteiger partial charge is 0.247 e. The Balaban J connectivity index is 1.67. The van der Waals surface area contributed by atoms with Crippen LogP contribution in [0.15, 0.2) is 54.6 Å². The molecule has 142 valence electrons. The number of rotatable bonds is 8. The molecule has 0 bridgehead atoms. The molecule has 3 nitrogen and oxygen atoms in total.